The van der Waals surface area contributed by atoms with Crippen molar-refractivity contribution in [2.24, 2.45) is 5.41 Å². The summed E-state index contributed by atoms with van der Waals surface area (Å²) in [5.41, 5.74) is 1.55. The number of rotatable bonds is 2. The number of nitrogens with zero attached hydrogens (tertiary/aromatic N) is 1. The van der Waals surface area contributed by atoms with Crippen LogP contribution in [0.15, 0.2) is 29.8 Å². The summed E-state index contributed by atoms with van der Waals surface area (Å²) in [5, 5.41) is 19.0. The van der Waals surface area contributed by atoms with Gasteiger partial charge in [-0.1, -0.05) is 26.0 Å². The van der Waals surface area contributed by atoms with Crippen molar-refractivity contribution in [2.45, 2.75) is 39.2 Å². The average molecular weight is 259 g/mol. The monoisotopic (exact) mass is 259 g/mol. The normalized spacial score (nSPS) is 19.4. The second kappa shape index (κ2) is 5.14. The minimum Gasteiger partial charge on any atom is -0.384 e. The van der Waals surface area contributed by atoms with Gasteiger partial charge in [0.05, 0.1) is 5.56 Å². The first-order valence-corrected chi connectivity index (χ1v) is 6.52. The molecule has 0 bridgehead atoms. The van der Waals surface area contributed by atoms with Crippen LogP contribution in [0, 0.1) is 22.6 Å². The maximum absolute atomic E-state index is 13.6. The molecule has 0 radical (unpaired) electrons. The zero-order valence-corrected chi connectivity index (χ0v) is 11.3. The van der Waals surface area contributed by atoms with E-state index in [1.54, 1.807) is 12.1 Å². The fraction of sp³-hybridized carbons (Fsp3) is 0.438. The standard InChI is InChI=1S/C16H18FNO/c1-16(2)7-3-4-12(9-16)15(19)11-5-6-13(10-18)14(17)8-11/h5-6,8-9,15,19H,3-4,7H2,1-2H3. The molecule has 1 unspecified atom stereocenters. The Morgan fingerprint density at radius 2 is 2.16 bits per heavy atom. The Morgan fingerprint density at radius 3 is 2.74 bits per heavy atom. The lowest BCUT2D eigenvalue weighted by Crippen LogP contribution is -2.16. The van der Waals surface area contributed by atoms with Gasteiger partial charge in [0.2, 0.25) is 0 Å². The molecule has 19 heavy (non-hydrogen) atoms. The van der Waals surface area contributed by atoms with Gasteiger partial charge in [0.15, 0.2) is 0 Å². The largest absolute Gasteiger partial charge is 0.384 e. The molecule has 1 N–H and O–H groups in total. The minimum absolute atomic E-state index is 0.00824. The Labute approximate surface area is 113 Å². The highest BCUT2D eigenvalue weighted by atomic mass is 19.1. The molecular formula is C16H18FNO. The average Bonchev–Trinajstić information content (AvgIpc) is 2.36. The molecule has 1 aliphatic rings. The van der Waals surface area contributed by atoms with Crippen LogP contribution < -0.4 is 0 Å². The second-order valence-corrected chi connectivity index (χ2v) is 5.82. The first-order chi connectivity index (χ1) is 8.93. The maximum atomic E-state index is 13.6. The van der Waals surface area contributed by atoms with Gasteiger partial charge < -0.3 is 5.11 Å². The molecule has 0 heterocycles. The number of hydrogen-bond donors (Lipinski definition) is 1. The molecule has 0 saturated carbocycles. The molecule has 0 aliphatic heterocycles. The topological polar surface area (TPSA) is 44.0 Å². The summed E-state index contributed by atoms with van der Waals surface area (Å²) >= 11 is 0. The van der Waals surface area contributed by atoms with Gasteiger partial charge in [-0.3, -0.25) is 0 Å². The summed E-state index contributed by atoms with van der Waals surface area (Å²) in [6.45, 7) is 4.27. The number of hydrogen-bond acceptors (Lipinski definition) is 2. The third-order valence-corrected chi connectivity index (χ3v) is 3.64. The van der Waals surface area contributed by atoms with Crippen LogP contribution in [0.1, 0.15) is 50.3 Å². The van der Waals surface area contributed by atoms with Crippen LogP contribution in [0.25, 0.3) is 0 Å². The molecule has 0 saturated heterocycles. The third kappa shape index (κ3) is 3.02. The van der Waals surface area contributed by atoms with Crippen LogP contribution in [-0.4, -0.2) is 5.11 Å². The van der Waals surface area contributed by atoms with Gasteiger partial charge in [0.1, 0.15) is 18.0 Å². The van der Waals surface area contributed by atoms with Crippen molar-refractivity contribution >= 4 is 0 Å². The van der Waals surface area contributed by atoms with E-state index >= 15 is 0 Å². The van der Waals surface area contributed by atoms with Gasteiger partial charge >= 0.3 is 0 Å². The van der Waals surface area contributed by atoms with E-state index < -0.39 is 11.9 Å². The van der Waals surface area contributed by atoms with Crippen LogP contribution in [0.2, 0.25) is 0 Å². The number of halogens is 1. The van der Waals surface area contributed by atoms with E-state index in [0.29, 0.717) is 5.56 Å². The molecule has 100 valence electrons. The lowest BCUT2D eigenvalue weighted by molar-refractivity contribution is 0.201. The van der Waals surface area contributed by atoms with Gasteiger partial charge in [-0.2, -0.15) is 5.26 Å². The number of allylic oxidation sites excluding steroid dienone is 1. The molecular weight excluding hydrogens is 241 g/mol. The summed E-state index contributed by atoms with van der Waals surface area (Å²) in [4.78, 5) is 0. The van der Waals surface area contributed by atoms with Crippen LogP contribution in [-0.2, 0) is 0 Å². The molecule has 2 nitrogen and oxygen atoms in total. The summed E-state index contributed by atoms with van der Waals surface area (Å²) in [6.07, 6.45) is 4.30. The number of nitriles is 1. The van der Waals surface area contributed by atoms with Crippen molar-refractivity contribution in [3.05, 3.63) is 46.8 Å². The van der Waals surface area contributed by atoms with Crippen LogP contribution >= 0.6 is 0 Å². The Morgan fingerprint density at radius 1 is 1.42 bits per heavy atom. The van der Waals surface area contributed by atoms with Crippen molar-refractivity contribution in [2.75, 3.05) is 0 Å². The van der Waals surface area contributed by atoms with Gasteiger partial charge in [0.25, 0.3) is 0 Å². The van der Waals surface area contributed by atoms with Crippen molar-refractivity contribution < 1.29 is 9.50 Å². The SMILES string of the molecule is CC1(C)C=C(C(O)c2ccc(C#N)c(F)c2)CCC1. The summed E-state index contributed by atoms with van der Waals surface area (Å²) in [7, 11) is 0. The first-order valence-electron chi connectivity index (χ1n) is 6.52. The predicted molar refractivity (Wildman–Crippen MR) is 71.8 cm³/mol. The molecule has 1 atom stereocenters. The number of benzene rings is 1. The first kappa shape index (κ1) is 13.8. The van der Waals surface area contributed by atoms with Crippen molar-refractivity contribution in [1.82, 2.24) is 0 Å². The number of aliphatic hydroxyl groups excluding tert-OH is 1. The van der Waals surface area contributed by atoms with Gasteiger partial charge in [0, 0.05) is 0 Å². The van der Waals surface area contributed by atoms with E-state index in [1.165, 1.54) is 12.1 Å². The predicted octanol–water partition coefficient (Wildman–Crippen LogP) is 3.87. The molecule has 0 amide bonds. The Bertz CT molecular complexity index is 554. The zero-order chi connectivity index (χ0) is 14.0. The molecule has 1 aliphatic carbocycles. The molecule has 1 aromatic rings. The fourth-order valence-corrected chi connectivity index (χ4v) is 2.62. The summed E-state index contributed by atoms with van der Waals surface area (Å²) in [5.74, 6) is -0.574. The molecule has 0 aromatic heterocycles. The van der Waals surface area contributed by atoms with Gasteiger partial charge in [-0.15, -0.1) is 0 Å². The Balaban J connectivity index is 2.30. The summed E-state index contributed by atoms with van der Waals surface area (Å²) < 4.78 is 13.6. The van der Waals surface area contributed by atoms with E-state index in [9.17, 15) is 9.50 Å². The van der Waals surface area contributed by atoms with Gasteiger partial charge in [-0.05, 0) is 47.9 Å². The molecule has 0 spiro atoms. The highest BCUT2D eigenvalue weighted by molar-refractivity contribution is 5.36. The van der Waals surface area contributed by atoms with Gasteiger partial charge in [-0.25, -0.2) is 4.39 Å². The van der Waals surface area contributed by atoms with E-state index in [4.69, 9.17) is 5.26 Å². The Kier molecular flexibility index (Phi) is 3.73. The highest BCUT2D eigenvalue weighted by Gasteiger charge is 2.24. The van der Waals surface area contributed by atoms with E-state index in [1.807, 2.05) is 0 Å². The third-order valence-electron chi connectivity index (χ3n) is 3.64. The zero-order valence-electron chi connectivity index (χ0n) is 11.3. The number of aliphatic hydroxyl groups is 1. The van der Waals surface area contributed by atoms with Crippen molar-refractivity contribution in [3.63, 3.8) is 0 Å². The highest BCUT2D eigenvalue weighted by Crippen LogP contribution is 2.38. The van der Waals surface area contributed by atoms with Crippen LogP contribution in [0.3, 0.4) is 0 Å². The molecule has 1 aromatic carbocycles. The molecule has 3 heteroatoms. The van der Waals surface area contributed by atoms with E-state index in [2.05, 4.69) is 19.9 Å². The van der Waals surface area contributed by atoms with E-state index in [0.717, 1.165) is 24.8 Å². The minimum atomic E-state index is -0.776. The smallest absolute Gasteiger partial charge is 0.141 e. The lowest BCUT2D eigenvalue weighted by Gasteiger charge is -2.29. The quantitative estimate of drug-likeness (QED) is 0.819. The van der Waals surface area contributed by atoms with E-state index in [-0.39, 0.29) is 11.0 Å². The molecule has 0 fully saturated rings. The van der Waals surface area contributed by atoms with Crippen molar-refractivity contribution in [3.8, 4) is 6.07 Å². The second-order valence-electron chi connectivity index (χ2n) is 5.82. The van der Waals surface area contributed by atoms with Crippen LogP contribution in [0.5, 0.6) is 0 Å². The summed E-state index contributed by atoms with van der Waals surface area (Å²) in [6, 6.07) is 6.08. The van der Waals surface area contributed by atoms with Crippen molar-refractivity contribution in [1.29, 1.82) is 5.26 Å². The molecule has 2 rings (SSSR count). The fourth-order valence-electron chi connectivity index (χ4n) is 2.62. The lowest BCUT2D eigenvalue weighted by atomic mass is 9.77. The van der Waals surface area contributed by atoms with Crippen LogP contribution in [0.4, 0.5) is 4.39 Å². The maximum Gasteiger partial charge on any atom is 0.141 e. The Hall–Kier alpha value is -1.66.